The lowest BCUT2D eigenvalue weighted by molar-refractivity contribution is 0.168. The molecule has 21 heavy (non-hydrogen) atoms. The summed E-state index contributed by atoms with van der Waals surface area (Å²) in [5, 5.41) is 0.597. The molecule has 2 heterocycles. The molecule has 2 rings (SSSR count). The monoisotopic (exact) mass is 328 g/mol. The van der Waals surface area contributed by atoms with E-state index in [1.165, 1.54) is 0 Å². The van der Waals surface area contributed by atoms with E-state index in [0.717, 1.165) is 30.1 Å². The van der Waals surface area contributed by atoms with Crippen molar-refractivity contribution < 1.29 is 0 Å². The number of hydrogen-bond donors (Lipinski definition) is 0. The number of imidazole rings is 1. The Morgan fingerprint density at radius 3 is 2.48 bits per heavy atom. The van der Waals surface area contributed by atoms with E-state index in [-0.39, 0.29) is 0 Å². The van der Waals surface area contributed by atoms with Crippen LogP contribution in [0.5, 0.6) is 0 Å². The number of hydrogen-bond acceptors (Lipinski definition) is 3. The molecule has 0 aromatic carbocycles. The molecule has 0 atom stereocenters. The lowest BCUT2D eigenvalue weighted by Crippen LogP contribution is -2.39. The molecule has 0 unspecified atom stereocenters. The molecule has 6 heteroatoms. The fraction of sp³-hybridized carbons (Fsp3) is 0.600. The largest absolute Gasteiger partial charge is 0.310 e. The second-order valence-electron chi connectivity index (χ2n) is 5.73. The maximum atomic E-state index is 6.03. The van der Waals surface area contributed by atoms with E-state index in [2.05, 4.69) is 47.1 Å². The molecule has 0 aliphatic heterocycles. The maximum Gasteiger partial charge on any atom is 0.160 e. The second-order valence-corrected chi connectivity index (χ2v) is 6.44. The second kappa shape index (κ2) is 6.95. The Labute approximate surface area is 136 Å². The Morgan fingerprint density at radius 1 is 1.24 bits per heavy atom. The molecule has 0 radical (unpaired) electrons. The summed E-state index contributed by atoms with van der Waals surface area (Å²) in [5.74, 6) is 1.21. The summed E-state index contributed by atoms with van der Waals surface area (Å²) in [7, 11) is 0. The Balaban J connectivity index is 2.28. The van der Waals surface area contributed by atoms with Crippen molar-refractivity contribution in [2.75, 3.05) is 6.54 Å². The first-order valence-corrected chi connectivity index (χ1v) is 8.17. The Bertz CT molecular complexity index is 599. The zero-order valence-electron chi connectivity index (χ0n) is 13.0. The van der Waals surface area contributed by atoms with Crippen molar-refractivity contribution in [1.82, 2.24) is 19.4 Å². The highest BCUT2D eigenvalue weighted by Gasteiger charge is 2.16. The maximum absolute atomic E-state index is 6.03. The van der Waals surface area contributed by atoms with E-state index in [9.17, 15) is 0 Å². The molecule has 0 fully saturated rings. The number of rotatable bonds is 6. The van der Waals surface area contributed by atoms with Crippen molar-refractivity contribution in [2.24, 2.45) is 0 Å². The lowest BCUT2D eigenvalue weighted by atomic mass is 10.2. The topological polar surface area (TPSA) is 34.0 Å². The van der Waals surface area contributed by atoms with Crippen LogP contribution in [0.25, 0.3) is 11.2 Å². The molecule has 0 N–H and O–H groups in total. The van der Waals surface area contributed by atoms with E-state index in [4.69, 9.17) is 23.2 Å². The van der Waals surface area contributed by atoms with Gasteiger partial charge in [-0.15, -0.1) is 11.6 Å². The van der Waals surface area contributed by atoms with Crippen molar-refractivity contribution in [3.8, 4) is 0 Å². The van der Waals surface area contributed by atoms with Crippen LogP contribution >= 0.6 is 23.2 Å². The Hall–Kier alpha value is -0.840. The molecular weight excluding hydrogens is 307 g/mol. The van der Waals surface area contributed by atoms with E-state index in [0.29, 0.717) is 23.0 Å². The molecule has 116 valence electrons. The number of nitrogens with zero attached hydrogens (tertiary/aromatic N) is 4. The van der Waals surface area contributed by atoms with Crippen LogP contribution in [0.15, 0.2) is 12.3 Å². The molecule has 0 bridgehead atoms. The SMILES string of the molecule is CC(C)N(CCn1c(CCl)nc2cc(Cl)cnc21)C(C)C. The summed E-state index contributed by atoms with van der Waals surface area (Å²) in [5.41, 5.74) is 1.65. The lowest BCUT2D eigenvalue weighted by Gasteiger charge is -2.30. The van der Waals surface area contributed by atoms with Gasteiger partial charge in [-0.3, -0.25) is 4.90 Å². The number of pyridine rings is 1. The van der Waals surface area contributed by atoms with Crippen molar-refractivity contribution in [1.29, 1.82) is 0 Å². The normalized spacial score (nSPS) is 12.2. The quantitative estimate of drug-likeness (QED) is 0.753. The standard InChI is InChI=1S/C15H22Cl2N4/c1-10(2)20(11(3)4)5-6-21-14(8-16)19-13-7-12(17)9-18-15(13)21/h7,9-11H,5-6,8H2,1-4H3. The molecule has 0 saturated heterocycles. The molecule has 2 aromatic heterocycles. The molecule has 0 aliphatic carbocycles. The van der Waals surface area contributed by atoms with Crippen LogP contribution in [0.4, 0.5) is 0 Å². The fourth-order valence-corrected chi connectivity index (χ4v) is 3.05. The van der Waals surface area contributed by atoms with Crippen LogP contribution in [-0.2, 0) is 12.4 Å². The van der Waals surface area contributed by atoms with Gasteiger partial charge in [0.25, 0.3) is 0 Å². The third kappa shape index (κ3) is 3.68. The van der Waals surface area contributed by atoms with Gasteiger partial charge in [-0.1, -0.05) is 11.6 Å². The van der Waals surface area contributed by atoms with Crippen molar-refractivity contribution in [3.05, 3.63) is 23.1 Å². The summed E-state index contributed by atoms with van der Waals surface area (Å²) >= 11 is 12.0. The Kier molecular flexibility index (Phi) is 5.47. The highest BCUT2D eigenvalue weighted by molar-refractivity contribution is 6.31. The van der Waals surface area contributed by atoms with Crippen molar-refractivity contribution >= 4 is 34.4 Å². The smallest absolute Gasteiger partial charge is 0.160 e. The van der Waals surface area contributed by atoms with E-state index in [1.54, 1.807) is 6.20 Å². The minimum atomic E-state index is 0.372. The fourth-order valence-electron chi connectivity index (χ4n) is 2.70. The minimum Gasteiger partial charge on any atom is -0.310 e. The van der Waals surface area contributed by atoms with Gasteiger partial charge in [0, 0.05) is 31.4 Å². The van der Waals surface area contributed by atoms with Crippen LogP contribution in [0, 0.1) is 0 Å². The first-order valence-electron chi connectivity index (χ1n) is 7.26. The van der Waals surface area contributed by atoms with Gasteiger partial charge >= 0.3 is 0 Å². The average molecular weight is 329 g/mol. The first kappa shape index (κ1) is 16.5. The third-order valence-corrected chi connectivity index (χ3v) is 4.10. The summed E-state index contributed by atoms with van der Waals surface area (Å²) < 4.78 is 2.09. The van der Waals surface area contributed by atoms with Gasteiger partial charge in [-0.05, 0) is 33.8 Å². The first-order chi connectivity index (χ1) is 9.93. The summed E-state index contributed by atoms with van der Waals surface area (Å²) in [6.45, 7) is 10.6. The van der Waals surface area contributed by atoms with Crippen molar-refractivity contribution in [3.63, 3.8) is 0 Å². The number of fused-ring (bicyclic) bond motifs is 1. The molecule has 2 aromatic rings. The molecule has 0 saturated carbocycles. The highest BCUT2D eigenvalue weighted by atomic mass is 35.5. The van der Waals surface area contributed by atoms with Gasteiger partial charge in [0.2, 0.25) is 0 Å². The zero-order chi connectivity index (χ0) is 15.6. The van der Waals surface area contributed by atoms with Gasteiger partial charge < -0.3 is 4.57 Å². The summed E-state index contributed by atoms with van der Waals surface area (Å²) in [6.07, 6.45) is 1.66. The molecule has 4 nitrogen and oxygen atoms in total. The van der Waals surface area contributed by atoms with E-state index >= 15 is 0 Å². The zero-order valence-corrected chi connectivity index (χ0v) is 14.5. The molecule has 0 aliphatic rings. The van der Waals surface area contributed by atoms with E-state index < -0.39 is 0 Å². The number of halogens is 2. The highest BCUT2D eigenvalue weighted by Crippen LogP contribution is 2.19. The van der Waals surface area contributed by atoms with Crippen LogP contribution < -0.4 is 0 Å². The molecule has 0 spiro atoms. The number of alkyl halides is 1. The van der Waals surface area contributed by atoms with Gasteiger partial charge in [0.05, 0.1) is 10.9 Å². The summed E-state index contributed by atoms with van der Waals surface area (Å²) in [4.78, 5) is 11.4. The van der Waals surface area contributed by atoms with Crippen LogP contribution in [-0.4, -0.2) is 38.1 Å². The van der Waals surface area contributed by atoms with Crippen LogP contribution in [0.2, 0.25) is 5.02 Å². The predicted octanol–water partition coefficient (Wildman–Crippen LogP) is 3.94. The molecule has 0 amide bonds. The summed E-state index contributed by atoms with van der Waals surface area (Å²) in [6, 6.07) is 2.84. The van der Waals surface area contributed by atoms with Crippen LogP contribution in [0.3, 0.4) is 0 Å². The number of aromatic nitrogens is 3. The minimum absolute atomic E-state index is 0.372. The van der Waals surface area contributed by atoms with Gasteiger partial charge in [0.15, 0.2) is 5.65 Å². The van der Waals surface area contributed by atoms with Gasteiger partial charge in [0.1, 0.15) is 11.3 Å². The van der Waals surface area contributed by atoms with E-state index in [1.807, 2.05) is 6.07 Å². The average Bonchev–Trinajstić information content (AvgIpc) is 2.75. The molecular formula is C15H22Cl2N4. The predicted molar refractivity (Wildman–Crippen MR) is 89.1 cm³/mol. The van der Waals surface area contributed by atoms with Crippen molar-refractivity contribution in [2.45, 2.75) is 52.2 Å². The Morgan fingerprint density at radius 2 is 1.90 bits per heavy atom. The van der Waals surface area contributed by atoms with Gasteiger partial charge in [-0.25, -0.2) is 9.97 Å². The van der Waals surface area contributed by atoms with Gasteiger partial charge in [-0.2, -0.15) is 0 Å². The van der Waals surface area contributed by atoms with Crippen LogP contribution in [0.1, 0.15) is 33.5 Å². The third-order valence-electron chi connectivity index (χ3n) is 3.66.